The lowest BCUT2D eigenvalue weighted by molar-refractivity contribution is -0.214. The topological polar surface area (TPSA) is 94.9 Å². The van der Waals surface area contributed by atoms with Gasteiger partial charge in [-0.15, -0.1) is 0 Å². The molecular weight excluding hydrogens is 498 g/mol. The van der Waals surface area contributed by atoms with Gasteiger partial charge in [0, 0.05) is 18.8 Å². The third kappa shape index (κ3) is 6.31. The zero-order valence-corrected chi connectivity index (χ0v) is 19.5. The molecule has 36 heavy (non-hydrogen) atoms. The number of alkyl carbamates (subject to hydrolysis) is 1. The van der Waals surface area contributed by atoms with Gasteiger partial charge in [-0.25, -0.2) is 4.79 Å². The third-order valence-corrected chi connectivity index (χ3v) is 5.48. The molecule has 1 N–H and O–H groups in total. The molecule has 1 aromatic rings. The first-order valence-electron chi connectivity index (χ1n) is 10.9. The maximum Gasteiger partial charge on any atom is 0.433 e. The Hall–Kier alpha value is -3.21. The number of likely N-dealkylation sites (tertiary alicyclic amines) is 1. The number of benzene rings is 1. The molecule has 3 rings (SSSR count). The number of anilines is 1. The summed E-state index contributed by atoms with van der Waals surface area (Å²) >= 11 is 0. The molecule has 2 aliphatic rings. The van der Waals surface area contributed by atoms with E-state index < -0.39 is 71.7 Å². The van der Waals surface area contributed by atoms with Crippen molar-refractivity contribution in [3.05, 3.63) is 29.3 Å². The van der Waals surface area contributed by atoms with Gasteiger partial charge < -0.3 is 24.6 Å². The van der Waals surface area contributed by atoms with Crippen LogP contribution < -0.4 is 10.2 Å². The monoisotopic (exact) mass is 522 g/mol. The van der Waals surface area contributed by atoms with E-state index in [0.29, 0.717) is 17.4 Å². The van der Waals surface area contributed by atoms with Crippen LogP contribution in [-0.2, 0) is 20.4 Å². The van der Waals surface area contributed by atoms with Crippen molar-refractivity contribution in [2.45, 2.75) is 63.5 Å². The van der Waals surface area contributed by atoms with Gasteiger partial charge in [0.2, 0.25) is 6.23 Å². The number of carbonyl (C=O) groups is 2. The highest BCUT2D eigenvalue weighted by molar-refractivity contribution is 5.83. The Morgan fingerprint density at radius 3 is 2.36 bits per heavy atom. The van der Waals surface area contributed by atoms with Crippen LogP contribution in [0.1, 0.15) is 38.3 Å². The molecule has 8 nitrogen and oxygen atoms in total. The summed E-state index contributed by atoms with van der Waals surface area (Å²) in [6, 6.07) is 3.02. The quantitative estimate of drug-likeness (QED) is 0.607. The van der Waals surface area contributed by atoms with E-state index in [-0.39, 0.29) is 13.1 Å². The normalized spacial score (nSPS) is 22.9. The Balaban J connectivity index is 1.76. The predicted molar refractivity (Wildman–Crippen MR) is 113 cm³/mol. The van der Waals surface area contributed by atoms with E-state index in [1.54, 1.807) is 20.8 Å². The fourth-order valence-electron chi connectivity index (χ4n) is 3.98. The van der Waals surface area contributed by atoms with E-state index in [9.17, 15) is 35.9 Å². The van der Waals surface area contributed by atoms with Crippen LogP contribution in [-0.4, -0.2) is 66.7 Å². The number of hydrogen-bond donors (Lipinski definition) is 1. The molecule has 0 bridgehead atoms. The first-order chi connectivity index (χ1) is 16.5. The van der Waals surface area contributed by atoms with Crippen molar-refractivity contribution >= 4 is 17.7 Å². The van der Waals surface area contributed by atoms with E-state index in [1.165, 1.54) is 11.0 Å². The van der Waals surface area contributed by atoms with Crippen LogP contribution in [0.15, 0.2) is 18.2 Å². The maximum absolute atomic E-state index is 13.7. The van der Waals surface area contributed by atoms with Crippen LogP contribution in [0, 0.1) is 11.3 Å². The Morgan fingerprint density at radius 1 is 1.14 bits per heavy atom. The number of nitrogens with zero attached hydrogens (tertiary/aromatic N) is 3. The molecule has 2 aliphatic heterocycles. The summed E-state index contributed by atoms with van der Waals surface area (Å²) in [5, 5.41) is 11.5. The van der Waals surface area contributed by atoms with Gasteiger partial charge in [0.1, 0.15) is 5.60 Å². The number of rotatable bonds is 3. The van der Waals surface area contributed by atoms with Crippen LogP contribution >= 0.6 is 0 Å². The first-order valence-corrected chi connectivity index (χ1v) is 10.9. The van der Waals surface area contributed by atoms with E-state index in [2.05, 4.69) is 5.32 Å². The lowest BCUT2D eigenvalue weighted by atomic mass is 10.1. The van der Waals surface area contributed by atoms with E-state index >= 15 is 0 Å². The Morgan fingerprint density at radius 2 is 1.81 bits per heavy atom. The average Bonchev–Trinajstić information content (AvgIpc) is 3.38. The number of halogens is 6. The molecule has 0 aromatic heterocycles. The molecule has 2 fully saturated rings. The molecule has 0 unspecified atom stereocenters. The minimum absolute atomic E-state index is 0.00368. The first kappa shape index (κ1) is 27.4. The molecule has 0 radical (unpaired) electrons. The second-order valence-corrected chi connectivity index (χ2v) is 9.43. The minimum Gasteiger partial charge on any atom is -0.444 e. The highest BCUT2D eigenvalue weighted by Crippen LogP contribution is 2.39. The molecular formula is C22H24F6N4O4. The van der Waals surface area contributed by atoms with Gasteiger partial charge >= 0.3 is 18.4 Å². The van der Waals surface area contributed by atoms with Gasteiger partial charge in [0.25, 0.3) is 5.91 Å². The van der Waals surface area contributed by atoms with Crippen LogP contribution in [0.2, 0.25) is 0 Å². The lowest BCUT2D eigenvalue weighted by Gasteiger charge is -2.27. The van der Waals surface area contributed by atoms with Crippen LogP contribution in [0.3, 0.4) is 0 Å². The molecule has 0 spiro atoms. The Kier molecular flexibility index (Phi) is 7.36. The van der Waals surface area contributed by atoms with Crippen LogP contribution in [0.5, 0.6) is 0 Å². The van der Waals surface area contributed by atoms with Gasteiger partial charge in [-0.05, 0) is 45.4 Å². The number of hydrogen-bond acceptors (Lipinski definition) is 6. The molecule has 0 saturated carbocycles. The average molecular weight is 522 g/mol. The lowest BCUT2D eigenvalue weighted by Crippen LogP contribution is -2.44. The molecule has 0 aliphatic carbocycles. The fourth-order valence-corrected chi connectivity index (χ4v) is 3.98. The summed E-state index contributed by atoms with van der Waals surface area (Å²) in [5.41, 5.74) is -3.38. The second kappa shape index (κ2) is 9.68. The van der Waals surface area contributed by atoms with Crippen molar-refractivity contribution in [3.8, 4) is 6.07 Å². The summed E-state index contributed by atoms with van der Waals surface area (Å²) in [7, 11) is 0. The van der Waals surface area contributed by atoms with Gasteiger partial charge in [0.15, 0.2) is 6.10 Å². The SMILES string of the molecule is CC(C)(C)OC(=O)N[C@@H]1CCN(C(=O)[C@@H]2CN(c3ccc(C#N)c(C(F)(F)F)c3)[C@@H](C(F)(F)F)O2)C1. The summed E-state index contributed by atoms with van der Waals surface area (Å²) in [4.78, 5) is 26.6. The number of ether oxygens (including phenoxy) is 2. The standard InChI is InChI=1S/C22H24F6N4O4/c1-20(2,3)36-19(34)30-13-6-7-31(10-13)17(33)16-11-32(18(35-16)22(26,27)28)14-5-4-12(9-29)15(8-14)21(23,24)25/h4-5,8,13,16,18H,6-7,10-11H2,1-3H3,(H,30,34)/t13-,16+,18-/m1/s1. The van der Waals surface area contributed by atoms with Crippen molar-refractivity contribution in [2.24, 2.45) is 0 Å². The number of nitrogens with one attached hydrogen (secondary N) is 1. The molecule has 1 aromatic carbocycles. The zero-order chi connectivity index (χ0) is 27.1. The maximum atomic E-state index is 13.7. The zero-order valence-electron chi connectivity index (χ0n) is 19.5. The summed E-state index contributed by atoms with van der Waals surface area (Å²) in [5.74, 6) is -0.787. The van der Waals surface area contributed by atoms with Gasteiger partial charge in [0.05, 0.1) is 29.8 Å². The number of carbonyl (C=O) groups excluding carboxylic acids is 2. The van der Waals surface area contributed by atoms with E-state index in [1.807, 2.05) is 0 Å². The highest BCUT2D eigenvalue weighted by atomic mass is 19.4. The Labute approximate surface area is 202 Å². The molecule has 3 atom stereocenters. The highest BCUT2D eigenvalue weighted by Gasteiger charge is 2.53. The molecule has 2 heterocycles. The Bertz CT molecular complexity index is 1050. The summed E-state index contributed by atoms with van der Waals surface area (Å²) in [6.45, 7) is 4.48. The minimum atomic E-state index is -5.02. The van der Waals surface area contributed by atoms with Gasteiger partial charge in [-0.1, -0.05) is 0 Å². The third-order valence-electron chi connectivity index (χ3n) is 5.48. The predicted octanol–water partition coefficient (Wildman–Crippen LogP) is 3.80. The van der Waals surface area contributed by atoms with Crippen molar-refractivity contribution < 1.29 is 45.4 Å². The van der Waals surface area contributed by atoms with Gasteiger partial charge in [-0.2, -0.15) is 31.6 Å². The van der Waals surface area contributed by atoms with Crippen molar-refractivity contribution in [2.75, 3.05) is 24.5 Å². The van der Waals surface area contributed by atoms with Crippen molar-refractivity contribution in [3.63, 3.8) is 0 Å². The van der Waals surface area contributed by atoms with Gasteiger partial charge in [-0.3, -0.25) is 4.79 Å². The smallest absolute Gasteiger partial charge is 0.433 e. The van der Waals surface area contributed by atoms with Crippen molar-refractivity contribution in [1.29, 1.82) is 5.26 Å². The van der Waals surface area contributed by atoms with Crippen molar-refractivity contribution in [1.82, 2.24) is 10.2 Å². The largest absolute Gasteiger partial charge is 0.444 e. The molecule has 2 amide bonds. The van der Waals surface area contributed by atoms with Crippen LogP contribution in [0.25, 0.3) is 0 Å². The molecule has 198 valence electrons. The number of alkyl halides is 6. The fraction of sp³-hybridized carbons (Fsp3) is 0.591. The van der Waals surface area contributed by atoms with E-state index in [4.69, 9.17) is 14.7 Å². The van der Waals surface area contributed by atoms with Crippen LogP contribution in [0.4, 0.5) is 36.8 Å². The molecule has 2 saturated heterocycles. The number of amides is 2. The molecule has 14 heteroatoms. The number of nitriles is 1. The summed E-state index contributed by atoms with van der Waals surface area (Å²) in [6.07, 6.45) is -14.7. The summed E-state index contributed by atoms with van der Waals surface area (Å²) < 4.78 is 91.3. The van der Waals surface area contributed by atoms with E-state index in [0.717, 1.165) is 12.1 Å². The second-order valence-electron chi connectivity index (χ2n) is 9.43.